The van der Waals surface area contributed by atoms with Crippen LogP contribution in [0.25, 0.3) is 10.4 Å². The number of hydrogen-bond acceptors (Lipinski definition) is 3. The van der Waals surface area contributed by atoms with E-state index in [1.807, 2.05) is 12.1 Å². The molecule has 22 heavy (non-hydrogen) atoms. The van der Waals surface area contributed by atoms with Crippen LogP contribution < -0.4 is 10.6 Å². The molecule has 0 aromatic heterocycles. The number of hydrogen-bond donors (Lipinski definition) is 2. The number of carbonyl (C=O) groups is 2. The lowest BCUT2D eigenvalue weighted by Crippen LogP contribution is -2.70. The SMILES string of the molecule is CC(C)(C)c1ccc(C(=O)NC2C(=O)NC2CN=[N+]=[N-])cc1. The number of carbonyl (C=O) groups excluding carboxylic acids is 2. The Kier molecular flexibility index (Phi) is 4.37. The lowest BCUT2D eigenvalue weighted by Gasteiger charge is -2.36. The van der Waals surface area contributed by atoms with E-state index in [1.54, 1.807) is 12.1 Å². The molecule has 1 aromatic carbocycles. The van der Waals surface area contributed by atoms with E-state index in [1.165, 1.54) is 0 Å². The van der Waals surface area contributed by atoms with Crippen LogP contribution in [0.3, 0.4) is 0 Å². The highest BCUT2D eigenvalue weighted by Crippen LogP contribution is 2.22. The van der Waals surface area contributed by atoms with Crippen molar-refractivity contribution in [2.24, 2.45) is 5.11 Å². The van der Waals surface area contributed by atoms with Gasteiger partial charge in [0, 0.05) is 17.0 Å². The molecular weight excluding hydrogens is 282 g/mol. The lowest BCUT2D eigenvalue weighted by atomic mass is 9.86. The van der Waals surface area contributed by atoms with Crippen molar-refractivity contribution in [2.75, 3.05) is 6.54 Å². The molecule has 1 aliphatic rings. The Labute approximate surface area is 128 Å². The van der Waals surface area contributed by atoms with Crippen molar-refractivity contribution in [3.05, 3.63) is 45.8 Å². The molecule has 0 radical (unpaired) electrons. The Morgan fingerprint density at radius 2 is 2.00 bits per heavy atom. The predicted octanol–water partition coefficient (Wildman–Crippen LogP) is 1.89. The van der Waals surface area contributed by atoms with Crippen molar-refractivity contribution in [2.45, 2.75) is 38.3 Å². The first-order valence-electron chi connectivity index (χ1n) is 7.05. The standard InChI is InChI=1S/C15H19N5O2/c1-15(2,3)10-6-4-9(5-7-10)13(21)19-12-11(8-17-20-16)18-14(12)22/h4-7,11-12H,8H2,1-3H3,(H,18,22)(H,19,21). The van der Waals surface area contributed by atoms with Crippen LogP contribution in [0, 0.1) is 0 Å². The molecule has 7 heteroatoms. The largest absolute Gasteiger partial charge is 0.349 e. The van der Waals surface area contributed by atoms with Crippen LogP contribution >= 0.6 is 0 Å². The van der Waals surface area contributed by atoms with Crippen LogP contribution in [0.5, 0.6) is 0 Å². The minimum atomic E-state index is -0.653. The molecule has 0 aliphatic carbocycles. The maximum absolute atomic E-state index is 12.2. The van der Waals surface area contributed by atoms with Crippen molar-refractivity contribution in [1.82, 2.24) is 10.6 Å². The fourth-order valence-corrected chi connectivity index (χ4v) is 2.23. The molecule has 1 saturated heterocycles. The zero-order valence-corrected chi connectivity index (χ0v) is 12.8. The van der Waals surface area contributed by atoms with E-state index >= 15 is 0 Å². The van der Waals surface area contributed by atoms with Crippen LogP contribution in [0.1, 0.15) is 36.7 Å². The summed E-state index contributed by atoms with van der Waals surface area (Å²) in [7, 11) is 0. The van der Waals surface area contributed by atoms with E-state index in [-0.39, 0.29) is 29.8 Å². The Bertz CT molecular complexity index is 626. The van der Waals surface area contributed by atoms with E-state index in [9.17, 15) is 9.59 Å². The second-order valence-corrected chi connectivity index (χ2v) is 6.31. The molecule has 0 bridgehead atoms. The fourth-order valence-electron chi connectivity index (χ4n) is 2.23. The summed E-state index contributed by atoms with van der Waals surface area (Å²) in [5.74, 6) is -0.580. The first-order chi connectivity index (χ1) is 10.3. The highest BCUT2D eigenvalue weighted by atomic mass is 16.2. The van der Waals surface area contributed by atoms with Crippen molar-refractivity contribution in [1.29, 1.82) is 0 Å². The summed E-state index contributed by atoms with van der Waals surface area (Å²) >= 11 is 0. The summed E-state index contributed by atoms with van der Waals surface area (Å²) in [5.41, 5.74) is 9.94. The highest BCUT2D eigenvalue weighted by Gasteiger charge is 2.39. The van der Waals surface area contributed by atoms with Crippen molar-refractivity contribution in [3.8, 4) is 0 Å². The smallest absolute Gasteiger partial charge is 0.251 e. The molecule has 116 valence electrons. The van der Waals surface area contributed by atoms with Crippen molar-refractivity contribution < 1.29 is 9.59 Å². The number of nitrogens with one attached hydrogen (secondary N) is 2. The van der Waals surface area contributed by atoms with Gasteiger partial charge < -0.3 is 10.6 Å². The van der Waals surface area contributed by atoms with E-state index in [0.717, 1.165) is 5.56 Å². The topological polar surface area (TPSA) is 107 Å². The molecule has 2 unspecified atom stereocenters. The van der Waals surface area contributed by atoms with Gasteiger partial charge in [0.25, 0.3) is 5.91 Å². The Hall–Kier alpha value is -2.53. The van der Waals surface area contributed by atoms with Crippen LogP contribution in [0.4, 0.5) is 0 Å². The number of benzene rings is 1. The van der Waals surface area contributed by atoms with Gasteiger partial charge in [-0.15, -0.1) is 0 Å². The summed E-state index contributed by atoms with van der Waals surface area (Å²) < 4.78 is 0. The quantitative estimate of drug-likeness (QED) is 0.383. The van der Waals surface area contributed by atoms with E-state index < -0.39 is 6.04 Å². The average Bonchev–Trinajstić information content (AvgIpc) is 2.48. The van der Waals surface area contributed by atoms with Gasteiger partial charge in [-0.2, -0.15) is 0 Å². The Morgan fingerprint density at radius 3 is 2.50 bits per heavy atom. The zero-order chi connectivity index (χ0) is 16.3. The van der Waals surface area contributed by atoms with Crippen molar-refractivity contribution in [3.63, 3.8) is 0 Å². The Balaban J connectivity index is 2.02. The first-order valence-corrected chi connectivity index (χ1v) is 7.05. The molecule has 2 rings (SSSR count). The molecule has 1 heterocycles. The number of rotatable bonds is 4. The first kappa shape index (κ1) is 15.9. The minimum Gasteiger partial charge on any atom is -0.349 e. The van der Waals surface area contributed by atoms with E-state index in [0.29, 0.717) is 5.56 Å². The number of amides is 2. The molecule has 2 amide bonds. The molecule has 1 fully saturated rings. The molecule has 7 nitrogen and oxygen atoms in total. The molecule has 0 saturated carbocycles. The maximum Gasteiger partial charge on any atom is 0.251 e. The summed E-state index contributed by atoms with van der Waals surface area (Å²) in [6.45, 7) is 6.42. The number of azide groups is 1. The molecule has 1 aromatic rings. The van der Waals surface area contributed by atoms with Gasteiger partial charge in [-0.3, -0.25) is 9.59 Å². The highest BCUT2D eigenvalue weighted by molar-refractivity contribution is 5.99. The predicted molar refractivity (Wildman–Crippen MR) is 82.3 cm³/mol. The van der Waals surface area contributed by atoms with Crippen molar-refractivity contribution >= 4 is 11.8 Å². The zero-order valence-electron chi connectivity index (χ0n) is 12.8. The summed E-state index contributed by atoms with van der Waals surface area (Å²) in [5, 5.41) is 8.67. The minimum absolute atomic E-state index is 0.0171. The molecule has 2 N–H and O–H groups in total. The third-order valence-corrected chi connectivity index (χ3v) is 3.65. The average molecular weight is 301 g/mol. The second-order valence-electron chi connectivity index (χ2n) is 6.31. The molecular formula is C15H19N5O2. The third kappa shape index (κ3) is 3.38. The van der Waals surface area contributed by atoms with Gasteiger partial charge in [0.05, 0.1) is 6.04 Å². The maximum atomic E-state index is 12.2. The summed E-state index contributed by atoms with van der Waals surface area (Å²) in [6, 6.07) is 6.31. The van der Waals surface area contributed by atoms with E-state index in [4.69, 9.17) is 5.53 Å². The Morgan fingerprint density at radius 1 is 1.36 bits per heavy atom. The second kappa shape index (κ2) is 6.07. The van der Waals surface area contributed by atoms with Gasteiger partial charge in [-0.05, 0) is 28.6 Å². The van der Waals surface area contributed by atoms with E-state index in [2.05, 4.69) is 41.4 Å². The van der Waals surface area contributed by atoms with Gasteiger partial charge in [0.1, 0.15) is 6.04 Å². The van der Waals surface area contributed by atoms with Gasteiger partial charge in [-0.1, -0.05) is 38.0 Å². The third-order valence-electron chi connectivity index (χ3n) is 3.65. The van der Waals surface area contributed by atoms with Gasteiger partial charge in [0.2, 0.25) is 5.91 Å². The molecule has 1 aliphatic heterocycles. The van der Waals surface area contributed by atoms with Gasteiger partial charge in [0.15, 0.2) is 0 Å². The van der Waals surface area contributed by atoms with Crippen LogP contribution in [-0.4, -0.2) is 30.4 Å². The summed E-state index contributed by atoms with van der Waals surface area (Å²) in [4.78, 5) is 26.3. The summed E-state index contributed by atoms with van der Waals surface area (Å²) in [6.07, 6.45) is 0. The van der Waals surface area contributed by atoms with Crippen LogP contribution in [-0.2, 0) is 10.2 Å². The van der Waals surface area contributed by atoms with Crippen LogP contribution in [0.15, 0.2) is 29.4 Å². The molecule has 0 spiro atoms. The lowest BCUT2D eigenvalue weighted by molar-refractivity contribution is -0.131. The van der Waals surface area contributed by atoms with Crippen LogP contribution in [0.2, 0.25) is 0 Å². The molecule has 2 atom stereocenters. The number of β-lactam (4-membered cyclic amide) rings is 1. The van der Waals surface area contributed by atoms with Gasteiger partial charge in [-0.25, -0.2) is 0 Å². The normalized spacial score (nSPS) is 20.4. The monoisotopic (exact) mass is 301 g/mol. The number of nitrogens with zero attached hydrogens (tertiary/aromatic N) is 3. The van der Waals surface area contributed by atoms with Gasteiger partial charge >= 0.3 is 0 Å². The fraction of sp³-hybridized carbons (Fsp3) is 0.467.